The topological polar surface area (TPSA) is 80.2 Å². The summed E-state index contributed by atoms with van der Waals surface area (Å²) in [5.74, 6) is 0.829. The van der Waals surface area contributed by atoms with Crippen molar-refractivity contribution in [1.82, 2.24) is 5.43 Å². The summed E-state index contributed by atoms with van der Waals surface area (Å²) < 4.78 is 11.9. The van der Waals surface area contributed by atoms with Crippen LogP contribution in [0.5, 0.6) is 17.2 Å². The van der Waals surface area contributed by atoms with E-state index in [1.165, 1.54) is 6.21 Å². The van der Waals surface area contributed by atoms with Crippen LogP contribution in [0.1, 0.15) is 11.1 Å². The molecule has 2 aromatic carbocycles. The highest BCUT2D eigenvalue weighted by molar-refractivity contribution is 9.11. The summed E-state index contributed by atoms with van der Waals surface area (Å²) in [4.78, 5) is 11.8. The molecule has 0 heterocycles. The molecule has 2 N–H and O–H groups in total. The Bertz CT molecular complexity index is 786. The number of para-hydroxylation sites is 1. The molecule has 0 unspecified atom stereocenters. The van der Waals surface area contributed by atoms with Crippen LogP contribution in [0.15, 0.2) is 44.4 Å². The minimum atomic E-state index is -0.432. The lowest BCUT2D eigenvalue weighted by Crippen LogP contribution is -2.24. The summed E-state index contributed by atoms with van der Waals surface area (Å²) in [7, 11) is 1.56. The van der Waals surface area contributed by atoms with Gasteiger partial charge in [-0.2, -0.15) is 5.10 Å². The van der Waals surface area contributed by atoms with Crippen LogP contribution >= 0.6 is 31.9 Å². The zero-order valence-corrected chi connectivity index (χ0v) is 16.7. The van der Waals surface area contributed by atoms with Gasteiger partial charge in [0.05, 0.1) is 22.3 Å². The van der Waals surface area contributed by atoms with E-state index in [1.54, 1.807) is 44.4 Å². The van der Waals surface area contributed by atoms with Crippen molar-refractivity contribution in [1.29, 1.82) is 0 Å². The standard InChI is InChI=1S/C17H16Br2N2O4/c1-10-4-3-5-11(16(10)23)8-20-21-15(22)9-25-17-13(18)6-12(24-2)7-14(17)19/h3-8,23H,9H2,1-2H3,(H,21,22). The van der Waals surface area contributed by atoms with Gasteiger partial charge in [0.1, 0.15) is 17.2 Å². The molecule has 0 radical (unpaired) electrons. The number of nitrogens with zero attached hydrogens (tertiary/aromatic N) is 1. The Balaban J connectivity index is 1.93. The van der Waals surface area contributed by atoms with E-state index in [-0.39, 0.29) is 12.4 Å². The van der Waals surface area contributed by atoms with E-state index < -0.39 is 5.91 Å². The van der Waals surface area contributed by atoms with Crippen molar-refractivity contribution in [2.45, 2.75) is 6.92 Å². The Morgan fingerprint density at radius 3 is 2.64 bits per heavy atom. The molecule has 132 valence electrons. The monoisotopic (exact) mass is 470 g/mol. The number of ether oxygens (including phenoxy) is 2. The number of phenols is 1. The normalized spacial score (nSPS) is 10.7. The molecule has 2 rings (SSSR count). The lowest BCUT2D eigenvalue weighted by Gasteiger charge is -2.11. The molecule has 8 heteroatoms. The number of rotatable bonds is 6. The van der Waals surface area contributed by atoms with E-state index in [2.05, 4.69) is 42.4 Å². The van der Waals surface area contributed by atoms with Crippen molar-refractivity contribution in [2.75, 3.05) is 13.7 Å². The Kier molecular flexibility index (Phi) is 6.83. The lowest BCUT2D eigenvalue weighted by molar-refractivity contribution is -0.123. The molecule has 0 bridgehead atoms. The van der Waals surface area contributed by atoms with Gasteiger partial charge >= 0.3 is 0 Å². The van der Waals surface area contributed by atoms with Gasteiger partial charge in [-0.25, -0.2) is 5.43 Å². The Hall–Kier alpha value is -2.06. The molecule has 0 aliphatic heterocycles. The smallest absolute Gasteiger partial charge is 0.277 e. The van der Waals surface area contributed by atoms with Gasteiger partial charge in [0.15, 0.2) is 6.61 Å². The first-order valence-electron chi connectivity index (χ1n) is 7.18. The number of hydrogen-bond acceptors (Lipinski definition) is 5. The van der Waals surface area contributed by atoms with E-state index in [0.717, 1.165) is 5.56 Å². The number of nitrogens with one attached hydrogen (secondary N) is 1. The minimum Gasteiger partial charge on any atom is -0.507 e. The van der Waals surface area contributed by atoms with E-state index in [0.29, 0.717) is 26.0 Å². The summed E-state index contributed by atoms with van der Waals surface area (Å²) in [5, 5.41) is 13.7. The number of amides is 1. The van der Waals surface area contributed by atoms with Crippen LogP contribution < -0.4 is 14.9 Å². The van der Waals surface area contributed by atoms with Gasteiger partial charge in [0, 0.05) is 5.56 Å². The van der Waals surface area contributed by atoms with Crippen molar-refractivity contribution in [3.05, 3.63) is 50.4 Å². The summed E-state index contributed by atoms with van der Waals surface area (Å²) in [6, 6.07) is 8.73. The third kappa shape index (κ3) is 5.20. The molecule has 2 aromatic rings. The van der Waals surface area contributed by atoms with Crippen LogP contribution in [0.2, 0.25) is 0 Å². The maximum absolute atomic E-state index is 11.8. The quantitative estimate of drug-likeness (QED) is 0.496. The van der Waals surface area contributed by atoms with Crippen LogP contribution in [0, 0.1) is 6.92 Å². The number of aromatic hydroxyl groups is 1. The molecule has 0 aliphatic carbocycles. The van der Waals surface area contributed by atoms with Crippen molar-refractivity contribution in [2.24, 2.45) is 5.10 Å². The van der Waals surface area contributed by atoms with Crippen LogP contribution in [0.3, 0.4) is 0 Å². The van der Waals surface area contributed by atoms with E-state index in [4.69, 9.17) is 9.47 Å². The van der Waals surface area contributed by atoms with Gasteiger partial charge in [-0.05, 0) is 62.5 Å². The second-order valence-corrected chi connectivity index (χ2v) is 6.72. The predicted molar refractivity (Wildman–Crippen MR) is 102 cm³/mol. The van der Waals surface area contributed by atoms with Gasteiger partial charge in [-0.3, -0.25) is 4.79 Å². The summed E-state index contributed by atoms with van der Waals surface area (Å²) in [6.45, 7) is 1.56. The van der Waals surface area contributed by atoms with Gasteiger partial charge < -0.3 is 14.6 Å². The molecule has 25 heavy (non-hydrogen) atoms. The zero-order valence-electron chi connectivity index (χ0n) is 13.5. The number of aryl methyl sites for hydroxylation is 1. The number of hydrogen-bond donors (Lipinski definition) is 2. The lowest BCUT2D eigenvalue weighted by atomic mass is 10.1. The molecule has 0 spiro atoms. The summed E-state index contributed by atoms with van der Waals surface area (Å²) >= 11 is 6.73. The molecule has 0 saturated heterocycles. The van der Waals surface area contributed by atoms with Crippen molar-refractivity contribution in [3.8, 4) is 17.2 Å². The van der Waals surface area contributed by atoms with E-state index in [9.17, 15) is 9.90 Å². The third-order valence-corrected chi connectivity index (χ3v) is 4.40. The summed E-state index contributed by atoms with van der Waals surface area (Å²) in [5.41, 5.74) is 3.59. The van der Waals surface area contributed by atoms with Crippen LogP contribution in [-0.2, 0) is 4.79 Å². The number of benzene rings is 2. The number of methoxy groups -OCH3 is 1. The number of carbonyl (C=O) groups excluding carboxylic acids is 1. The number of halogens is 2. The highest BCUT2D eigenvalue weighted by atomic mass is 79.9. The average molecular weight is 472 g/mol. The highest BCUT2D eigenvalue weighted by Gasteiger charge is 2.11. The molecule has 0 aromatic heterocycles. The van der Waals surface area contributed by atoms with Crippen molar-refractivity contribution in [3.63, 3.8) is 0 Å². The maximum atomic E-state index is 11.8. The fraction of sp³-hybridized carbons (Fsp3) is 0.176. The Labute approximate surface area is 162 Å². The van der Waals surface area contributed by atoms with Gasteiger partial charge in [0.25, 0.3) is 5.91 Å². The van der Waals surface area contributed by atoms with Gasteiger partial charge in [-0.1, -0.05) is 12.1 Å². The molecular weight excluding hydrogens is 456 g/mol. The highest BCUT2D eigenvalue weighted by Crippen LogP contribution is 2.37. The van der Waals surface area contributed by atoms with Crippen LogP contribution in [0.25, 0.3) is 0 Å². The molecule has 6 nitrogen and oxygen atoms in total. The third-order valence-electron chi connectivity index (χ3n) is 3.22. The minimum absolute atomic E-state index is 0.128. The molecular formula is C17H16Br2N2O4. The first-order chi connectivity index (χ1) is 11.9. The molecule has 0 saturated carbocycles. The zero-order chi connectivity index (χ0) is 18.4. The average Bonchev–Trinajstić information content (AvgIpc) is 2.57. The van der Waals surface area contributed by atoms with E-state index in [1.807, 2.05) is 0 Å². The number of hydrazone groups is 1. The first kappa shape index (κ1) is 19.3. The molecule has 1 amide bonds. The number of carbonyl (C=O) groups is 1. The fourth-order valence-electron chi connectivity index (χ4n) is 1.92. The van der Waals surface area contributed by atoms with Gasteiger partial charge in [0.2, 0.25) is 0 Å². The maximum Gasteiger partial charge on any atom is 0.277 e. The van der Waals surface area contributed by atoms with Gasteiger partial charge in [-0.15, -0.1) is 0 Å². The van der Waals surface area contributed by atoms with E-state index >= 15 is 0 Å². The first-order valence-corrected chi connectivity index (χ1v) is 8.77. The Morgan fingerprint density at radius 1 is 1.32 bits per heavy atom. The van der Waals surface area contributed by atoms with Crippen molar-refractivity contribution >= 4 is 44.0 Å². The van der Waals surface area contributed by atoms with Crippen molar-refractivity contribution < 1.29 is 19.4 Å². The predicted octanol–water partition coefficient (Wildman–Crippen LogP) is 3.76. The molecule has 0 atom stereocenters. The summed E-state index contributed by atoms with van der Waals surface area (Å²) in [6.07, 6.45) is 1.37. The SMILES string of the molecule is COc1cc(Br)c(OCC(=O)NN=Cc2cccc(C)c2O)c(Br)c1. The largest absolute Gasteiger partial charge is 0.507 e. The molecule has 0 aliphatic rings. The molecule has 0 fully saturated rings. The Morgan fingerprint density at radius 2 is 2.00 bits per heavy atom. The second kappa shape index (κ2) is 8.87. The second-order valence-electron chi connectivity index (χ2n) is 5.01. The fourth-order valence-corrected chi connectivity index (χ4v) is 3.30. The van der Waals surface area contributed by atoms with Crippen LogP contribution in [-0.4, -0.2) is 30.9 Å². The van der Waals surface area contributed by atoms with Crippen LogP contribution in [0.4, 0.5) is 0 Å². The number of phenolic OH excluding ortho intramolecular Hbond substituents is 1.